The molecule has 2 unspecified atom stereocenters. The highest BCUT2D eigenvalue weighted by atomic mass is 16.2. The minimum Gasteiger partial charge on any atom is -0.299 e. The molecule has 1 saturated carbocycles. The normalized spacial score (nSPS) is 27.7. The lowest BCUT2D eigenvalue weighted by molar-refractivity contribution is -0.123. The molecule has 88 valence electrons. The number of hydrogen-bond acceptors (Lipinski definition) is 2. The summed E-state index contributed by atoms with van der Waals surface area (Å²) in [6.07, 6.45) is 2.67. The Kier molecular flexibility index (Phi) is 2.39. The molecule has 0 aliphatic heterocycles. The van der Waals surface area contributed by atoms with E-state index in [1.54, 1.807) is 0 Å². The van der Waals surface area contributed by atoms with Gasteiger partial charge in [0.05, 0.1) is 5.92 Å². The van der Waals surface area contributed by atoms with Gasteiger partial charge in [-0.2, -0.15) is 0 Å². The topological polar surface area (TPSA) is 34.1 Å². The highest BCUT2D eigenvalue weighted by Gasteiger charge is 2.41. The van der Waals surface area contributed by atoms with Gasteiger partial charge in [-0.1, -0.05) is 31.2 Å². The zero-order chi connectivity index (χ0) is 12.0. The Morgan fingerprint density at radius 2 is 1.94 bits per heavy atom. The smallest absolute Gasteiger partial charge is 0.173 e. The van der Waals surface area contributed by atoms with Crippen LogP contribution in [0.1, 0.15) is 48.0 Å². The second-order valence-corrected chi connectivity index (χ2v) is 5.32. The molecule has 0 aromatic heterocycles. The summed E-state index contributed by atoms with van der Waals surface area (Å²) in [6.45, 7) is 2.11. The molecule has 1 aromatic rings. The third-order valence-corrected chi connectivity index (χ3v) is 3.99. The number of Topliss-reactive ketones (excluding diaryl/α,β-unsaturated/α-hetero) is 2. The molecule has 2 nitrogen and oxygen atoms in total. The zero-order valence-corrected chi connectivity index (χ0v) is 9.98. The van der Waals surface area contributed by atoms with Crippen LogP contribution in [0.4, 0.5) is 0 Å². The van der Waals surface area contributed by atoms with Crippen LogP contribution in [0, 0.1) is 11.8 Å². The maximum atomic E-state index is 12.3. The molecule has 1 aromatic carbocycles. The molecule has 0 spiro atoms. The first-order valence-corrected chi connectivity index (χ1v) is 6.35. The lowest BCUT2D eigenvalue weighted by atomic mass is 9.74. The Labute approximate surface area is 101 Å². The Morgan fingerprint density at radius 3 is 2.65 bits per heavy atom. The fourth-order valence-corrected chi connectivity index (χ4v) is 2.82. The monoisotopic (exact) mass is 228 g/mol. The molecule has 0 amide bonds. The summed E-state index contributed by atoms with van der Waals surface area (Å²) >= 11 is 0. The van der Waals surface area contributed by atoms with Gasteiger partial charge in [-0.15, -0.1) is 0 Å². The van der Waals surface area contributed by atoms with Crippen molar-refractivity contribution < 1.29 is 9.59 Å². The first-order valence-electron chi connectivity index (χ1n) is 6.35. The fraction of sp³-hybridized carbons (Fsp3) is 0.467. The van der Waals surface area contributed by atoms with Crippen molar-refractivity contribution in [3.05, 3.63) is 35.4 Å². The number of fused-ring (bicyclic) bond motifs is 1. The summed E-state index contributed by atoms with van der Waals surface area (Å²) in [6, 6.07) is 7.72. The molecule has 0 heterocycles. The van der Waals surface area contributed by atoms with Gasteiger partial charge in [0.2, 0.25) is 0 Å². The van der Waals surface area contributed by atoms with Crippen molar-refractivity contribution in [3.63, 3.8) is 0 Å². The number of carbonyl (C=O) groups excluding carboxylic acids is 2. The van der Waals surface area contributed by atoms with Crippen LogP contribution >= 0.6 is 0 Å². The summed E-state index contributed by atoms with van der Waals surface area (Å²) in [5.41, 5.74) is 1.88. The van der Waals surface area contributed by atoms with Crippen LogP contribution in [0.5, 0.6) is 0 Å². The zero-order valence-electron chi connectivity index (χ0n) is 9.98. The van der Waals surface area contributed by atoms with Gasteiger partial charge in [-0.25, -0.2) is 0 Å². The van der Waals surface area contributed by atoms with Crippen LogP contribution in [-0.4, -0.2) is 11.6 Å². The van der Waals surface area contributed by atoms with E-state index in [2.05, 4.69) is 6.92 Å². The van der Waals surface area contributed by atoms with E-state index in [1.807, 2.05) is 24.3 Å². The third kappa shape index (κ3) is 1.72. The van der Waals surface area contributed by atoms with Crippen LogP contribution in [0.3, 0.4) is 0 Å². The highest BCUT2D eigenvalue weighted by molar-refractivity contribution is 6.13. The van der Waals surface area contributed by atoms with Crippen molar-refractivity contribution >= 4 is 11.6 Å². The van der Waals surface area contributed by atoms with E-state index in [1.165, 1.54) is 0 Å². The van der Waals surface area contributed by atoms with Gasteiger partial charge in [0.15, 0.2) is 5.78 Å². The second-order valence-electron chi connectivity index (χ2n) is 5.32. The van der Waals surface area contributed by atoms with Crippen molar-refractivity contribution in [2.75, 3.05) is 0 Å². The lowest BCUT2D eigenvalue weighted by Crippen LogP contribution is -2.31. The lowest BCUT2D eigenvalue weighted by Gasteiger charge is -2.27. The number of rotatable bonds is 2. The number of ketones is 2. The Bertz CT molecular complexity index is 485. The first-order chi connectivity index (χ1) is 8.18. The summed E-state index contributed by atoms with van der Waals surface area (Å²) in [5, 5.41) is 0. The summed E-state index contributed by atoms with van der Waals surface area (Å²) in [7, 11) is 0. The van der Waals surface area contributed by atoms with E-state index in [0.717, 1.165) is 24.0 Å². The molecule has 0 N–H and O–H groups in total. The predicted octanol–water partition coefficient (Wildman–Crippen LogP) is 2.97. The van der Waals surface area contributed by atoms with Crippen LogP contribution in [-0.2, 0) is 4.79 Å². The van der Waals surface area contributed by atoms with Crippen molar-refractivity contribution in [1.29, 1.82) is 0 Å². The van der Waals surface area contributed by atoms with Crippen molar-refractivity contribution in [2.24, 2.45) is 11.8 Å². The van der Waals surface area contributed by atoms with E-state index in [0.29, 0.717) is 12.3 Å². The van der Waals surface area contributed by atoms with Crippen molar-refractivity contribution in [2.45, 2.75) is 32.1 Å². The molecule has 0 radical (unpaired) electrons. The number of hydrogen-bond donors (Lipinski definition) is 0. The van der Waals surface area contributed by atoms with Gasteiger partial charge < -0.3 is 0 Å². The van der Waals surface area contributed by atoms with Crippen LogP contribution < -0.4 is 0 Å². The van der Waals surface area contributed by atoms with Crippen LogP contribution in [0.2, 0.25) is 0 Å². The van der Waals surface area contributed by atoms with Gasteiger partial charge in [0, 0.05) is 11.5 Å². The number of benzene rings is 1. The van der Waals surface area contributed by atoms with E-state index in [9.17, 15) is 9.59 Å². The fourth-order valence-electron chi connectivity index (χ4n) is 2.82. The van der Waals surface area contributed by atoms with E-state index < -0.39 is 0 Å². The van der Waals surface area contributed by atoms with Gasteiger partial charge in [-0.3, -0.25) is 9.59 Å². The summed E-state index contributed by atoms with van der Waals surface area (Å²) in [4.78, 5) is 24.4. The van der Waals surface area contributed by atoms with E-state index in [4.69, 9.17) is 0 Å². The largest absolute Gasteiger partial charge is 0.299 e. The van der Waals surface area contributed by atoms with Gasteiger partial charge in [-0.05, 0) is 30.7 Å². The van der Waals surface area contributed by atoms with E-state index >= 15 is 0 Å². The quantitative estimate of drug-likeness (QED) is 0.729. The Hall–Kier alpha value is -1.44. The second kappa shape index (κ2) is 3.80. The molecule has 2 atom stereocenters. The van der Waals surface area contributed by atoms with Crippen molar-refractivity contribution in [1.82, 2.24) is 0 Å². The average molecular weight is 228 g/mol. The molecule has 17 heavy (non-hydrogen) atoms. The van der Waals surface area contributed by atoms with Crippen LogP contribution in [0.25, 0.3) is 0 Å². The molecule has 0 saturated heterocycles. The SMILES string of the molecule is CC1CC(C(=O)C2CC2)C(=O)c2ccccc21. The van der Waals surface area contributed by atoms with Gasteiger partial charge in [0.1, 0.15) is 5.78 Å². The minimum absolute atomic E-state index is 0.0515. The van der Waals surface area contributed by atoms with Crippen LogP contribution in [0.15, 0.2) is 24.3 Å². The maximum absolute atomic E-state index is 12.3. The van der Waals surface area contributed by atoms with E-state index in [-0.39, 0.29) is 23.4 Å². The van der Waals surface area contributed by atoms with Crippen molar-refractivity contribution in [3.8, 4) is 0 Å². The Morgan fingerprint density at radius 1 is 1.24 bits per heavy atom. The molecule has 1 fully saturated rings. The third-order valence-electron chi connectivity index (χ3n) is 3.99. The minimum atomic E-state index is -0.368. The first kappa shape index (κ1) is 10.7. The maximum Gasteiger partial charge on any atom is 0.173 e. The summed E-state index contributed by atoms with van der Waals surface area (Å²) < 4.78 is 0. The molecule has 2 aliphatic carbocycles. The molecule has 3 rings (SSSR count). The summed E-state index contributed by atoms with van der Waals surface area (Å²) in [5.74, 6) is 0.373. The number of carbonyl (C=O) groups is 2. The molecular formula is C15H16O2. The molecule has 0 bridgehead atoms. The molecule has 2 heteroatoms. The standard InChI is InChI=1S/C15H16O2/c1-9-8-13(14(16)10-6-7-10)15(17)12-5-3-2-4-11(9)12/h2-5,9-10,13H,6-8H2,1H3. The molecular weight excluding hydrogens is 212 g/mol. The van der Waals surface area contributed by atoms with Gasteiger partial charge in [0.25, 0.3) is 0 Å². The predicted molar refractivity (Wildman–Crippen MR) is 65.0 cm³/mol. The molecule has 2 aliphatic rings. The highest BCUT2D eigenvalue weighted by Crippen LogP contribution is 2.40. The average Bonchev–Trinajstić information content (AvgIpc) is 3.17. The van der Waals surface area contributed by atoms with Gasteiger partial charge >= 0.3 is 0 Å². The Balaban J connectivity index is 1.97.